The van der Waals surface area contributed by atoms with E-state index >= 15 is 0 Å². The van der Waals surface area contributed by atoms with Gasteiger partial charge in [-0.3, -0.25) is 19.1 Å². The number of anilines is 2. The Kier molecular flexibility index (Phi) is 7.53. The molecule has 12 nitrogen and oxygen atoms in total. The van der Waals surface area contributed by atoms with Crippen LogP contribution >= 0.6 is 0 Å². The quantitative estimate of drug-likeness (QED) is 0.106. The number of carbonyl (C=O) groups excluding carboxylic acids is 3. The zero-order valence-corrected chi connectivity index (χ0v) is 23.6. The van der Waals surface area contributed by atoms with Gasteiger partial charge in [0.2, 0.25) is 11.8 Å². The summed E-state index contributed by atoms with van der Waals surface area (Å²) < 4.78 is 9.22. The van der Waals surface area contributed by atoms with E-state index in [0.717, 1.165) is 16.8 Å². The Labute approximate surface area is 241 Å². The number of aryl methyl sites for hydroxylation is 3. The largest absolute Gasteiger partial charge is 0.462 e. The van der Waals surface area contributed by atoms with Crippen LogP contribution < -0.4 is 22.5 Å². The highest BCUT2D eigenvalue weighted by Gasteiger charge is 2.21. The number of carbonyl (C=O) groups is 3. The smallest absolute Gasteiger partial charge is 0.249 e. The fraction of sp³-hybridized carbons (Fsp3) is 0.233. The molecule has 0 aliphatic rings. The number of benzene rings is 2. The lowest BCUT2D eigenvalue weighted by molar-refractivity contribution is 0.0975. The molecule has 7 N–H and O–H groups in total. The molecule has 42 heavy (non-hydrogen) atoms. The maximum Gasteiger partial charge on any atom is 0.249 e. The van der Waals surface area contributed by atoms with Gasteiger partial charge in [-0.25, -0.2) is 4.98 Å². The first-order chi connectivity index (χ1) is 20.1. The van der Waals surface area contributed by atoms with E-state index in [-0.39, 0.29) is 12.2 Å². The SMILES string of the molecule is CCn1nc(C)cc1C(=O)Cc1nc2cc(C(N)=O)cc(C)c2n1C/C=C/CNc1c(N)cc(C(N)=O)c2ccoc12. The lowest BCUT2D eigenvalue weighted by atomic mass is 10.1. The topological polar surface area (TPSA) is 190 Å². The molecule has 216 valence electrons. The van der Waals surface area contributed by atoms with Gasteiger partial charge in [-0.15, -0.1) is 0 Å². The molecule has 0 aliphatic heterocycles. The second-order valence-electron chi connectivity index (χ2n) is 10.0. The highest BCUT2D eigenvalue weighted by molar-refractivity contribution is 6.11. The summed E-state index contributed by atoms with van der Waals surface area (Å²) >= 11 is 0. The fourth-order valence-electron chi connectivity index (χ4n) is 5.21. The van der Waals surface area contributed by atoms with Crippen LogP contribution in [0.25, 0.3) is 22.0 Å². The molecule has 12 heteroatoms. The summed E-state index contributed by atoms with van der Waals surface area (Å²) in [5, 5.41) is 8.21. The van der Waals surface area contributed by atoms with Gasteiger partial charge in [-0.05, 0) is 56.7 Å². The third-order valence-electron chi connectivity index (χ3n) is 7.09. The van der Waals surface area contributed by atoms with Crippen LogP contribution in [0.5, 0.6) is 0 Å². The van der Waals surface area contributed by atoms with Crippen molar-refractivity contribution in [2.75, 3.05) is 17.6 Å². The number of fused-ring (bicyclic) bond motifs is 2. The van der Waals surface area contributed by atoms with Gasteiger partial charge in [0.25, 0.3) is 0 Å². The number of nitrogens with zero attached hydrogens (tertiary/aromatic N) is 4. The predicted molar refractivity (Wildman–Crippen MR) is 160 cm³/mol. The summed E-state index contributed by atoms with van der Waals surface area (Å²) in [7, 11) is 0. The minimum Gasteiger partial charge on any atom is -0.462 e. The number of rotatable bonds is 11. The van der Waals surface area contributed by atoms with Crippen molar-refractivity contribution in [1.82, 2.24) is 19.3 Å². The number of ketones is 1. The summed E-state index contributed by atoms with van der Waals surface area (Å²) in [6.45, 7) is 7.05. The Morgan fingerprint density at radius 3 is 2.57 bits per heavy atom. The van der Waals surface area contributed by atoms with Gasteiger partial charge in [-0.1, -0.05) is 12.2 Å². The van der Waals surface area contributed by atoms with E-state index in [4.69, 9.17) is 26.6 Å². The van der Waals surface area contributed by atoms with Crippen LogP contribution in [0.4, 0.5) is 11.4 Å². The molecule has 3 aromatic heterocycles. The maximum absolute atomic E-state index is 13.3. The molecule has 0 radical (unpaired) electrons. The van der Waals surface area contributed by atoms with Crippen LogP contribution in [0.3, 0.4) is 0 Å². The Morgan fingerprint density at radius 1 is 1.07 bits per heavy atom. The fourth-order valence-corrected chi connectivity index (χ4v) is 5.21. The summed E-state index contributed by atoms with van der Waals surface area (Å²) in [6, 6.07) is 8.35. The molecule has 3 heterocycles. The summed E-state index contributed by atoms with van der Waals surface area (Å²) in [4.78, 5) is 41.8. The minimum absolute atomic E-state index is 0.0521. The molecule has 0 saturated carbocycles. The molecule has 2 amide bonds. The molecule has 0 aliphatic carbocycles. The number of nitrogens with two attached hydrogens (primary N) is 3. The Hall–Kier alpha value is -5.39. The monoisotopic (exact) mass is 568 g/mol. The molecule has 0 atom stereocenters. The van der Waals surface area contributed by atoms with E-state index < -0.39 is 11.8 Å². The highest BCUT2D eigenvalue weighted by atomic mass is 16.3. The predicted octanol–water partition coefficient (Wildman–Crippen LogP) is 3.49. The number of nitrogens with one attached hydrogen (secondary N) is 1. The Balaban J connectivity index is 1.42. The number of primary amides is 2. The van der Waals surface area contributed by atoms with Gasteiger partial charge in [0.1, 0.15) is 17.2 Å². The van der Waals surface area contributed by atoms with Crippen LogP contribution in [0, 0.1) is 13.8 Å². The van der Waals surface area contributed by atoms with E-state index in [1.54, 1.807) is 28.9 Å². The zero-order valence-electron chi connectivity index (χ0n) is 23.6. The molecule has 0 saturated heterocycles. The van der Waals surface area contributed by atoms with Crippen molar-refractivity contribution in [1.29, 1.82) is 0 Å². The third-order valence-corrected chi connectivity index (χ3v) is 7.09. The molecule has 0 fully saturated rings. The van der Waals surface area contributed by atoms with Crippen molar-refractivity contribution < 1.29 is 18.8 Å². The first-order valence-corrected chi connectivity index (χ1v) is 13.4. The van der Waals surface area contributed by atoms with Crippen LogP contribution in [-0.2, 0) is 19.5 Å². The number of Topliss-reactive ketones (excluding diaryl/α,β-unsaturated/α-hetero) is 1. The molecule has 0 bridgehead atoms. The summed E-state index contributed by atoms with van der Waals surface area (Å²) in [6.07, 6.45) is 5.38. The molecular weight excluding hydrogens is 536 g/mol. The van der Waals surface area contributed by atoms with Gasteiger partial charge < -0.3 is 31.5 Å². The van der Waals surface area contributed by atoms with Crippen LogP contribution in [-0.4, -0.2) is 43.5 Å². The number of furan rings is 1. The maximum atomic E-state index is 13.3. The molecule has 2 aromatic carbocycles. The number of hydrogen-bond donors (Lipinski definition) is 4. The summed E-state index contributed by atoms with van der Waals surface area (Å²) in [5.41, 5.74) is 22.7. The second-order valence-corrected chi connectivity index (χ2v) is 10.0. The minimum atomic E-state index is -0.589. The van der Waals surface area contributed by atoms with Crippen molar-refractivity contribution >= 4 is 51.0 Å². The standard InChI is InChI=1S/C30H32N8O4/c1-4-38-23(12-17(3)36-38)24(39)15-25-35-22-13-18(29(32)40)11-16(2)27(22)37(25)9-6-5-8-34-26-21(31)14-20(30(33)41)19-7-10-42-28(19)26/h5-7,10-14,34H,4,8-9,15,31H2,1-3H3,(H2,32,40)(H2,33,41)/b6-5+. The molecule has 0 spiro atoms. The lowest BCUT2D eigenvalue weighted by Gasteiger charge is -2.11. The van der Waals surface area contributed by atoms with Gasteiger partial charge >= 0.3 is 0 Å². The average Bonchev–Trinajstić information content (AvgIpc) is 3.66. The molecular formula is C30H32N8O4. The molecule has 5 aromatic rings. The van der Waals surface area contributed by atoms with Crippen LogP contribution in [0.1, 0.15) is 55.2 Å². The lowest BCUT2D eigenvalue weighted by Crippen LogP contribution is -2.15. The number of amides is 2. The number of hydrogen-bond acceptors (Lipinski definition) is 8. The van der Waals surface area contributed by atoms with E-state index in [1.807, 2.05) is 37.5 Å². The van der Waals surface area contributed by atoms with Crippen molar-refractivity contribution in [2.45, 2.75) is 40.3 Å². The number of nitrogen functional groups attached to an aromatic ring is 1. The number of allylic oxidation sites excluding steroid dienone is 1. The highest BCUT2D eigenvalue weighted by Crippen LogP contribution is 2.33. The van der Waals surface area contributed by atoms with Gasteiger partial charge in [-0.2, -0.15) is 5.10 Å². The number of aromatic nitrogens is 4. The second kappa shape index (κ2) is 11.2. The van der Waals surface area contributed by atoms with E-state index in [0.29, 0.717) is 70.1 Å². The van der Waals surface area contributed by atoms with Crippen LogP contribution in [0.15, 0.2) is 53.2 Å². The first kappa shape index (κ1) is 28.1. The first-order valence-electron chi connectivity index (χ1n) is 13.4. The van der Waals surface area contributed by atoms with E-state index in [1.165, 1.54) is 12.3 Å². The van der Waals surface area contributed by atoms with Crippen molar-refractivity contribution in [3.8, 4) is 0 Å². The Morgan fingerprint density at radius 2 is 1.86 bits per heavy atom. The molecule has 0 unspecified atom stereocenters. The average molecular weight is 569 g/mol. The summed E-state index contributed by atoms with van der Waals surface area (Å²) in [5.74, 6) is -0.685. The van der Waals surface area contributed by atoms with Gasteiger partial charge in [0, 0.05) is 30.6 Å². The third kappa shape index (κ3) is 5.21. The van der Waals surface area contributed by atoms with E-state index in [9.17, 15) is 14.4 Å². The van der Waals surface area contributed by atoms with Crippen molar-refractivity contribution in [3.05, 3.63) is 82.6 Å². The van der Waals surface area contributed by atoms with Gasteiger partial charge in [0.15, 0.2) is 11.4 Å². The molecule has 5 rings (SSSR count). The van der Waals surface area contributed by atoms with Gasteiger partial charge in [0.05, 0.1) is 40.7 Å². The van der Waals surface area contributed by atoms with Crippen molar-refractivity contribution in [2.24, 2.45) is 11.5 Å². The normalized spacial score (nSPS) is 11.6. The van der Waals surface area contributed by atoms with Crippen LogP contribution in [0.2, 0.25) is 0 Å². The Bertz CT molecular complexity index is 1890. The zero-order chi connectivity index (χ0) is 30.1. The number of imidazole rings is 1. The van der Waals surface area contributed by atoms with Crippen molar-refractivity contribution in [3.63, 3.8) is 0 Å². The van der Waals surface area contributed by atoms with E-state index in [2.05, 4.69) is 10.4 Å².